The van der Waals surface area contributed by atoms with Gasteiger partial charge in [-0.2, -0.15) is 0 Å². The van der Waals surface area contributed by atoms with Gasteiger partial charge in [0, 0.05) is 47.7 Å². The Bertz CT molecular complexity index is 1270. The molecule has 0 spiro atoms. The van der Waals surface area contributed by atoms with Crippen molar-refractivity contribution in [2.45, 2.75) is 6.54 Å². The Morgan fingerprint density at radius 2 is 1.74 bits per heavy atom. The number of furan rings is 1. The van der Waals surface area contributed by atoms with Gasteiger partial charge in [-0.25, -0.2) is 0 Å². The van der Waals surface area contributed by atoms with E-state index in [1.54, 1.807) is 0 Å². The van der Waals surface area contributed by atoms with E-state index in [4.69, 9.17) is 16.0 Å². The molecule has 0 aliphatic carbocycles. The van der Waals surface area contributed by atoms with Crippen molar-refractivity contribution in [1.29, 1.82) is 0 Å². The molecule has 2 aromatic carbocycles. The summed E-state index contributed by atoms with van der Waals surface area (Å²) in [5.74, 6) is 1.35. The van der Waals surface area contributed by atoms with Gasteiger partial charge in [0.05, 0.1) is 13.1 Å². The number of fused-ring (bicyclic) bond motifs is 1. The first-order valence-corrected chi connectivity index (χ1v) is 11.6. The first-order chi connectivity index (χ1) is 16.5. The number of amides is 2. The van der Waals surface area contributed by atoms with Crippen LogP contribution in [0.3, 0.4) is 0 Å². The molecular weight excluding hydrogens is 452 g/mol. The van der Waals surface area contributed by atoms with E-state index in [-0.39, 0.29) is 11.8 Å². The van der Waals surface area contributed by atoms with Crippen LogP contribution in [0, 0.1) is 0 Å². The summed E-state index contributed by atoms with van der Waals surface area (Å²) in [5, 5.41) is 4.61. The minimum absolute atomic E-state index is 0.00499. The molecule has 5 rings (SSSR count). The van der Waals surface area contributed by atoms with Crippen LogP contribution in [0.4, 0.5) is 0 Å². The van der Waals surface area contributed by atoms with Crippen LogP contribution in [0.1, 0.15) is 16.2 Å². The molecule has 0 atom stereocenters. The third-order valence-corrected chi connectivity index (χ3v) is 6.29. The lowest BCUT2D eigenvalue weighted by Crippen LogP contribution is -2.51. The number of H-pyrrole nitrogens is 1. The number of nitrogens with one attached hydrogen (secondary N) is 2. The van der Waals surface area contributed by atoms with Crippen molar-refractivity contribution < 1.29 is 14.0 Å². The molecule has 0 bridgehead atoms. The second-order valence-corrected chi connectivity index (χ2v) is 8.82. The maximum Gasteiger partial charge on any atom is 0.270 e. The van der Waals surface area contributed by atoms with E-state index < -0.39 is 0 Å². The number of carbonyl (C=O) groups is 2. The topological polar surface area (TPSA) is 81.6 Å². The Kier molecular flexibility index (Phi) is 6.38. The third kappa shape index (κ3) is 5.00. The fourth-order valence-electron chi connectivity index (χ4n) is 4.15. The number of para-hydroxylation sites is 1. The van der Waals surface area contributed by atoms with Crippen molar-refractivity contribution >= 4 is 34.3 Å². The van der Waals surface area contributed by atoms with E-state index in [2.05, 4.69) is 15.2 Å². The Morgan fingerprint density at radius 3 is 2.50 bits per heavy atom. The number of benzene rings is 2. The van der Waals surface area contributed by atoms with Crippen LogP contribution < -0.4 is 5.32 Å². The molecule has 1 saturated heterocycles. The monoisotopic (exact) mass is 476 g/mol. The lowest BCUT2D eigenvalue weighted by atomic mass is 10.2. The lowest BCUT2D eigenvalue weighted by molar-refractivity contribution is -0.122. The highest BCUT2D eigenvalue weighted by atomic mass is 35.5. The van der Waals surface area contributed by atoms with Gasteiger partial charge >= 0.3 is 0 Å². The summed E-state index contributed by atoms with van der Waals surface area (Å²) in [7, 11) is 0. The predicted molar refractivity (Wildman–Crippen MR) is 132 cm³/mol. The second-order valence-electron chi connectivity index (χ2n) is 8.39. The van der Waals surface area contributed by atoms with Crippen molar-refractivity contribution in [2.75, 3.05) is 32.7 Å². The quantitative estimate of drug-likeness (QED) is 0.438. The number of aromatic amines is 1. The number of piperazine rings is 1. The highest BCUT2D eigenvalue weighted by Gasteiger charge is 2.24. The maximum atomic E-state index is 12.9. The van der Waals surface area contributed by atoms with Crippen molar-refractivity contribution in [3.05, 3.63) is 83.2 Å². The maximum absolute atomic E-state index is 12.9. The molecule has 7 nitrogen and oxygen atoms in total. The number of hydrogen-bond acceptors (Lipinski definition) is 4. The summed E-state index contributed by atoms with van der Waals surface area (Å²) < 4.78 is 5.84. The van der Waals surface area contributed by atoms with Crippen LogP contribution in [-0.4, -0.2) is 59.3 Å². The molecular formula is C26H25ClN4O3. The van der Waals surface area contributed by atoms with Crippen molar-refractivity contribution in [3.8, 4) is 11.3 Å². The summed E-state index contributed by atoms with van der Waals surface area (Å²) >= 11 is 5.93. The van der Waals surface area contributed by atoms with Gasteiger partial charge in [-0.05, 0) is 48.5 Å². The minimum Gasteiger partial charge on any atom is -0.459 e. The third-order valence-electron chi connectivity index (χ3n) is 6.04. The number of rotatable bonds is 6. The molecule has 34 heavy (non-hydrogen) atoms. The molecule has 1 aliphatic rings. The van der Waals surface area contributed by atoms with Crippen LogP contribution in [0.15, 0.2) is 71.1 Å². The average Bonchev–Trinajstić information content (AvgIpc) is 3.51. The van der Waals surface area contributed by atoms with Crippen LogP contribution in [0.25, 0.3) is 22.2 Å². The van der Waals surface area contributed by atoms with Gasteiger partial charge in [-0.1, -0.05) is 29.8 Å². The normalized spacial score (nSPS) is 14.4. The zero-order valence-electron chi connectivity index (χ0n) is 18.6. The van der Waals surface area contributed by atoms with Crippen LogP contribution in [-0.2, 0) is 11.3 Å². The number of hydrogen-bond donors (Lipinski definition) is 2. The second kappa shape index (κ2) is 9.75. The molecule has 2 amide bonds. The van der Waals surface area contributed by atoms with Gasteiger partial charge < -0.3 is 19.6 Å². The fourth-order valence-corrected chi connectivity index (χ4v) is 4.28. The lowest BCUT2D eigenvalue weighted by Gasteiger charge is -2.34. The van der Waals surface area contributed by atoms with E-state index in [9.17, 15) is 9.59 Å². The highest BCUT2D eigenvalue weighted by Crippen LogP contribution is 2.24. The zero-order valence-corrected chi connectivity index (χ0v) is 19.3. The molecule has 174 valence electrons. The van der Waals surface area contributed by atoms with Crippen LogP contribution >= 0.6 is 11.6 Å². The molecule has 8 heteroatoms. The highest BCUT2D eigenvalue weighted by molar-refractivity contribution is 6.30. The van der Waals surface area contributed by atoms with Gasteiger partial charge in [0.1, 0.15) is 17.2 Å². The number of aromatic nitrogens is 1. The van der Waals surface area contributed by atoms with E-state index in [0.717, 1.165) is 22.2 Å². The minimum atomic E-state index is -0.0696. The Morgan fingerprint density at radius 1 is 0.971 bits per heavy atom. The van der Waals surface area contributed by atoms with Crippen molar-refractivity contribution in [2.24, 2.45) is 0 Å². The average molecular weight is 477 g/mol. The number of carbonyl (C=O) groups excluding carboxylic acids is 2. The molecule has 1 aliphatic heterocycles. The van der Waals surface area contributed by atoms with Crippen LogP contribution in [0.5, 0.6) is 0 Å². The number of nitrogens with zero attached hydrogens (tertiary/aromatic N) is 2. The van der Waals surface area contributed by atoms with E-state index in [1.807, 2.05) is 71.6 Å². The number of halogens is 1. The summed E-state index contributed by atoms with van der Waals surface area (Å²) in [6, 6.07) is 20.9. The van der Waals surface area contributed by atoms with E-state index in [1.165, 1.54) is 0 Å². The molecule has 0 unspecified atom stereocenters. The van der Waals surface area contributed by atoms with Gasteiger partial charge in [0.15, 0.2) is 0 Å². The molecule has 3 heterocycles. The Labute approximate surface area is 202 Å². The molecule has 1 fully saturated rings. The van der Waals surface area contributed by atoms with E-state index in [0.29, 0.717) is 55.7 Å². The Balaban J connectivity index is 1.08. The SMILES string of the molecule is O=C(CN1CCN(C(=O)c2cc3ccccc3[nH]2)CC1)NCc1ccc(-c2ccc(Cl)cc2)o1. The van der Waals surface area contributed by atoms with Gasteiger partial charge in [-0.3, -0.25) is 14.5 Å². The van der Waals surface area contributed by atoms with Gasteiger partial charge in [-0.15, -0.1) is 0 Å². The standard InChI is InChI=1S/C26H25ClN4O3/c27-20-7-5-18(6-8-20)24-10-9-21(34-24)16-28-25(32)17-30-11-13-31(14-12-30)26(33)23-15-19-3-1-2-4-22(19)29-23/h1-10,15,29H,11-14,16-17H2,(H,28,32). The van der Waals surface area contributed by atoms with Crippen molar-refractivity contribution in [3.63, 3.8) is 0 Å². The largest absolute Gasteiger partial charge is 0.459 e. The summed E-state index contributed by atoms with van der Waals surface area (Å²) in [4.78, 5) is 32.4. The first kappa shape index (κ1) is 22.3. The smallest absolute Gasteiger partial charge is 0.270 e. The van der Waals surface area contributed by atoms with Gasteiger partial charge in [0.25, 0.3) is 5.91 Å². The van der Waals surface area contributed by atoms with E-state index >= 15 is 0 Å². The summed E-state index contributed by atoms with van der Waals surface area (Å²) in [6.45, 7) is 3.10. The van der Waals surface area contributed by atoms with Crippen molar-refractivity contribution in [1.82, 2.24) is 20.1 Å². The Hall–Kier alpha value is -3.55. The zero-order chi connectivity index (χ0) is 23.5. The van der Waals surface area contributed by atoms with Crippen LogP contribution in [0.2, 0.25) is 5.02 Å². The van der Waals surface area contributed by atoms with Gasteiger partial charge in [0.2, 0.25) is 5.91 Å². The molecule has 0 saturated carbocycles. The molecule has 0 radical (unpaired) electrons. The predicted octanol–water partition coefficient (Wildman–Crippen LogP) is 4.16. The molecule has 4 aromatic rings. The molecule has 2 N–H and O–H groups in total. The fraction of sp³-hybridized carbons (Fsp3) is 0.231. The molecule has 2 aromatic heterocycles. The summed E-state index contributed by atoms with van der Waals surface area (Å²) in [5.41, 5.74) is 2.49. The summed E-state index contributed by atoms with van der Waals surface area (Å²) in [6.07, 6.45) is 0. The first-order valence-electron chi connectivity index (χ1n) is 11.3.